The van der Waals surface area contributed by atoms with Crippen LogP contribution in [-0.2, 0) is 0 Å². The van der Waals surface area contributed by atoms with Crippen molar-refractivity contribution in [2.45, 2.75) is 6.42 Å². The molecule has 3 nitrogen and oxygen atoms in total. The second-order valence-electron chi connectivity index (χ2n) is 2.47. The zero-order valence-corrected chi connectivity index (χ0v) is 6.85. The van der Waals surface area contributed by atoms with E-state index in [1.165, 1.54) is 0 Å². The molecule has 0 saturated carbocycles. The standard InChI is InChI=1S/C8H15N3/c1-9-5-3-7-11-8-4-2-6-10-8/h2,4,6,9-11H,3,5,7H2,1H3. The Morgan fingerprint density at radius 2 is 2.36 bits per heavy atom. The van der Waals surface area contributed by atoms with Crippen molar-refractivity contribution in [2.24, 2.45) is 0 Å². The Morgan fingerprint density at radius 3 is 3.00 bits per heavy atom. The van der Waals surface area contributed by atoms with E-state index in [-0.39, 0.29) is 0 Å². The highest BCUT2D eigenvalue weighted by molar-refractivity contribution is 5.33. The third kappa shape index (κ3) is 3.09. The number of hydrogen-bond donors (Lipinski definition) is 3. The maximum atomic E-state index is 3.26. The summed E-state index contributed by atoms with van der Waals surface area (Å²) in [5, 5.41) is 6.36. The SMILES string of the molecule is CNCCCNc1ccc[nH]1. The van der Waals surface area contributed by atoms with Gasteiger partial charge in [0.25, 0.3) is 0 Å². The first-order valence-corrected chi connectivity index (χ1v) is 3.95. The molecule has 11 heavy (non-hydrogen) atoms. The lowest BCUT2D eigenvalue weighted by Gasteiger charge is -2.02. The van der Waals surface area contributed by atoms with Gasteiger partial charge in [-0.25, -0.2) is 0 Å². The molecule has 0 radical (unpaired) electrons. The van der Waals surface area contributed by atoms with Crippen LogP contribution in [0.1, 0.15) is 6.42 Å². The van der Waals surface area contributed by atoms with Crippen molar-refractivity contribution in [3.63, 3.8) is 0 Å². The first kappa shape index (κ1) is 8.14. The fourth-order valence-electron chi connectivity index (χ4n) is 0.929. The Bertz CT molecular complexity index is 169. The monoisotopic (exact) mass is 153 g/mol. The molecule has 3 N–H and O–H groups in total. The van der Waals surface area contributed by atoms with Crippen LogP contribution in [0.4, 0.5) is 5.82 Å². The molecule has 1 rings (SSSR count). The predicted octanol–water partition coefficient (Wildman–Crippen LogP) is 1.04. The second kappa shape index (κ2) is 4.79. The Kier molecular flexibility index (Phi) is 3.55. The number of aromatic nitrogens is 1. The van der Waals surface area contributed by atoms with Crippen LogP contribution < -0.4 is 10.6 Å². The summed E-state index contributed by atoms with van der Waals surface area (Å²) in [5.74, 6) is 1.10. The van der Waals surface area contributed by atoms with E-state index >= 15 is 0 Å². The summed E-state index contributed by atoms with van der Waals surface area (Å²) >= 11 is 0. The molecule has 1 heterocycles. The first-order valence-electron chi connectivity index (χ1n) is 3.95. The fraction of sp³-hybridized carbons (Fsp3) is 0.500. The van der Waals surface area contributed by atoms with Gasteiger partial charge in [-0.3, -0.25) is 0 Å². The minimum absolute atomic E-state index is 1.02. The van der Waals surface area contributed by atoms with Gasteiger partial charge >= 0.3 is 0 Å². The molecule has 0 atom stereocenters. The van der Waals surface area contributed by atoms with Gasteiger partial charge < -0.3 is 15.6 Å². The Hall–Kier alpha value is -0.960. The maximum Gasteiger partial charge on any atom is 0.103 e. The van der Waals surface area contributed by atoms with E-state index in [1.54, 1.807) is 0 Å². The Balaban J connectivity index is 2.04. The zero-order chi connectivity index (χ0) is 7.94. The summed E-state index contributed by atoms with van der Waals surface area (Å²) in [6.45, 7) is 2.08. The van der Waals surface area contributed by atoms with Gasteiger partial charge in [-0.05, 0) is 32.1 Å². The predicted molar refractivity (Wildman–Crippen MR) is 47.8 cm³/mol. The zero-order valence-electron chi connectivity index (χ0n) is 6.85. The molecule has 0 aliphatic heterocycles. The van der Waals surface area contributed by atoms with Crippen LogP contribution in [0.15, 0.2) is 18.3 Å². The van der Waals surface area contributed by atoms with Gasteiger partial charge in [-0.2, -0.15) is 0 Å². The van der Waals surface area contributed by atoms with Crippen LogP contribution in [-0.4, -0.2) is 25.1 Å². The molecule has 62 valence electrons. The molecular formula is C8H15N3. The molecule has 0 aliphatic carbocycles. The fourth-order valence-corrected chi connectivity index (χ4v) is 0.929. The van der Waals surface area contributed by atoms with Crippen molar-refractivity contribution in [2.75, 3.05) is 25.5 Å². The molecule has 1 aromatic rings. The number of hydrogen-bond acceptors (Lipinski definition) is 2. The van der Waals surface area contributed by atoms with Gasteiger partial charge in [0.2, 0.25) is 0 Å². The molecule has 0 aliphatic rings. The lowest BCUT2D eigenvalue weighted by Crippen LogP contribution is -2.12. The molecule has 1 aromatic heterocycles. The summed E-state index contributed by atoms with van der Waals surface area (Å²) in [6.07, 6.45) is 3.07. The van der Waals surface area contributed by atoms with Crippen LogP contribution in [0.25, 0.3) is 0 Å². The molecule has 0 unspecified atom stereocenters. The minimum atomic E-state index is 1.02. The summed E-state index contributed by atoms with van der Waals surface area (Å²) < 4.78 is 0. The van der Waals surface area contributed by atoms with Crippen LogP contribution in [0, 0.1) is 0 Å². The van der Waals surface area contributed by atoms with E-state index in [9.17, 15) is 0 Å². The topological polar surface area (TPSA) is 39.8 Å². The third-order valence-corrected chi connectivity index (χ3v) is 1.52. The smallest absolute Gasteiger partial charge is 0.103 e. The second-order valence-corrected chi connectivity index (χ2v) is 2.47. The molecular weight excluding hydrogens is 138 g/mol. The summed E-state index contributed by atoms with van der Waals surface area (Å²) in [6, 6.07) is 4.01. The average Bonchev–Trinajstić information content (AvgIpc) is 2.50. The van der Waals surface area contributed by atoms with Crippen LogP contribution in [0.3, 0.4) is 0 Å². The molecule has 0 fully saturated rings. The van der Waals surface area contributed by atoms with Crippen molar-refractivity contribution in [3.8, 4) is 0 Å². The average molecular weight is 153 g/mol. The number of H-pyrrole nitrogens is 1. The van der Waals surface area contributed by atoms with Gasteiger partial charge in [0.05, 0.1) is 0 Å². The van der Waals surface area contributed by atoms with Crippen molar-refractivity contribution >= 4 is 5.82 Å². The summed E-state index contributed by atoms with van der Waals surface area (Å²) in [5.41, 5.74) is 0. The summed E-state index contributed by atoms with van der Waals surface area (Å²) in [4.78, 5) is 3.08. The number of anilines is 1. The first-order chi connectivity index (χ1) is 5.43. The molecule has 0 aromatic carbocycles. The number of aromatic amines is 1. The minimum Gasteiger partial charge on any atom is -0.372 e. The van der Waals surface area contributed by atoms with E-state index < -0.39 is 0 Å². The van der Waals surface area contributed by atoms with E-state index in [0.717, 1.165) is 25.3 Å². The lowest BCUT2D eigenvalue weighted by molar-refractivity contribution is 0.747. The number of nitrogens with one attached hydrogen (secondary N) is 3. The van der Waals surface area contributed by atoms with Gasteiger partial charge in [0.15, 0.2) is 0 Å². The molecule has 3 heteroatoms. The van der Waals surface area contributed by atoms with Gasteiger partial charge in [-0.1, -0.05) is 0 Å². The van der Waals surface area contributed by atoms with E-state index in [1.807, 2.05) is 25.4 Å². The Morgan fingerprint density at radius 1 is 1.45 bits per heavy atom. The number of rotatable bonds is 5. The third-order valence-electron chi connectivity index (χ3n) is 1.52. The van der Waals surface area contributed by atoms with Gasteiger partial charge in [0, 0.05) is 12.7 Å². The molecule has 0 saturated heterocycles. The van der Waals surface area contributed by atoms with E-state index in [0.29, 0.717) is 0 Å². The van der Waals surface area contributed by atoms with Gasteiger partial charge in [-0.15, -0.1) is 0 Å². The molecule has 0 amide bonds. The normalized spacial score (nSPS) is 9.91. The van der Waals surface area contributed by atoms with Crippen molar-refractivity contribution < 1.29 is 0 Å². The molecule has 0 bridgehead atoms. The summed E-state index contributed by atoms with van der Waals surface area (Å²) in [7, 11) is 1.97. The highest BCUT2D eigenvalue weighted by Gasteiger charge is 1.88. The largest absolute Gasteiger partial charge is 0.372 e. The van der Waals surface area contributed by atoms with Gasteiger partial charge in [0.1, 0.15) is 5.82 Å². The van der Waals surface area contributed by atoms with Crippen LogP contribution in [0.2, 0.25) is 0 Å². The Labute approximate surface area is 67.2 Å². The highest BCUT2D eigenvalue weighted by Crippen LogP contribution is 1.99. The van der Waals surface area contributed by atoms with E-state index in [4.69, 9.17) is 0 Å². The van der Waals surface area contributed by atoms with E-state index in [2.05, 4.69) is 15.6 Å². The maximum absolute atomic E-state index is 3.26. The van der Waals surface area contributed by atoms with Crippen LogP contribution in [0.5, 0.6) is 0 Å². The molecule has 0 spiro atoms. The lowest BCUT2D eigenvalue weighted by atomic mass is 10.4. The van der Waals surface area contributed by atoms with Crippen molar-refractivity contribution in [1.29, 1.82) is 0 Å². The van der Waals surface area contributed by atoms with Crippen molar-refractivity contribution in [1.82, 2.24) is 10.3 Å². The quantitative estimate of drug-likeness (QED) is 0.553. The highest BCUT2D eigenvalue weighted by atomic mass is 15.0. The van der Waals surface area contributed by atoms with Crippen molar-refractivity contribution in [3.05, 3.63) is 18.3 Å². The van der Waals surface area contributed by atoms with Crippen LogP contribution >= 0.6 is 0 Å².